The normalized spacial score (nSPS) is 17.2. The van der Waals surface area contributed by atoms with Gasteiger partial charge in [0.05, 0.1) is 27.9 Å². The van der Waals surface area contributed by atoms with Crippen molar-refractivity contribution in [1.29, 1.82) is 5.26 Å². The van der Waals surface area contributed by atoms with Crippen LogP contribution in [0.25, 0.3) is 10.9 Å². The fourth-order valence-electron chi connectivity index (χ4n) is 4.40. The fourth-order valence-corrected chi connectivity index (χ4v) is 4.40. The molecule has 0 amide bonds. The van der Waals surface area contributed by atoms with Gasteiger partial charge in [-0.05, 0) is 54.2 Å². The summed E-state index contributed by atoms with van der Waals surface area (Å²) in [5.41, 5.74) is 10.7. The molecule has 1 aliphatic carbocycles. The third-order valence-electron chi connectivity index (χ3n) is 6.67. The number of halogens is 1. The lowest BCUT2D eigenvalue weighted by molar-refractivity contribution is 0.260. The Morgan fingerprint density at radius 3 is 2.61 bits per heavy atom. The van der Waals surface area contributed by atoms with Crippen LogP contribution in [0.15, 0.2) is 60.6 Å². The summed E-state index contributed by atoms with van der Waals surface area (Å²) in [6, 6.07) is 15.3. The molecule has 0 saturated heterocycles. The first-order chi connectivity index (χ1) is 17.2. The quantitative estimate of drug-likeness (QED) is 0.379. The molecule has 3 aromatic rings. The zero-order chi connectivity index (χ0) is 25.5. The van der Waals surface area contributed by atoms with Crippen LogP contribution >= 0.6 is 0 Å². The van der Waals surface area contributed by atoms with Gasteiger partial charge < -0.3 is 16.1 Å². The Bertz CT molecular complexity index is 1360. The first-order valence-corrected chi connectivity index (χ1v) is 12.3. The Balaban J connectivity index is 1.56. The SMILES string of the molecule is BC(Nc1ccc2ncc(C#N)c(NCC(C)(C)C)c2c1)(C1=CN(C2CC2)NN1)c1ccc(F)cc1. The van der Waals surface area contributed by atoms with Crippen molar-refractivity contribution in [3.8, 4) is 6.07 Å². The van der Waals surface area contributed by atoms with E-state index < -0.39 is 5.44 Å². The van der Waals surface area contributed by atoms with Crippen LogP contribution in [0.5, 0.6) is 0 Å². The molecule has 2 aliphatic rings. The maximum absolute atomic E-state index is 13.8. The number of aromatic nitrogens is 1. The minimum Gasteiger partial charge on any atom is -0.383 e. The number of hydrogen-bond donors (Lipinski definition) is 4. The summed E-state index contributed by atoms with van der Waals surface area (Å²) in [7, 11) is 2.07. The predicted octanol–water partition coefficient (Wildman–Crippen LogP) is 3.93. The topological polar surface area (TPSA) is 88.0 Å². The third-order valence-corrected chi connectivity index (χ3v) is 6.67. The summed E-state index contributed by atoms with van der Waals surface area (Å²) in [5, 5.41) is 19.9. The van der Waals surface area contributed by atoms with E-state index in [-0.39, 0.29) is 11.2 Å². The number of nitriles is 1. The number of hydrogen-bond acceptors (Lipinski definition) is 7. The van der Waals surface area contributed by atoms with E-state index in [2.05, 4.69) is 72.5 Å². The summed E-state index contributed by atoms with van der Waals surface area (Å²) in [4.78, 5) is 4.50. The van der Waals surface area contributed by atoms with Gasteiger partial charge in [0.2, 0.25) is 0 Å². The first kappa shape index (κ1) is 24.0. The largest absolute Gasteiger partial charge is 0.383 e. The van der Waals surface area contributed by atoms with Crippen LogP contribution < -0.4 is 21.6 Å². The zero-order valence-corrected chi connectivity index (χ0v) is 21.1. The van der Waals surface area contributed by atoms with Crippen LogP contribution in [-0.2, 0) is 5.44 Å². The third kappa shape index (κ3) is 4.82. The number of anilines is 2. The van der Waals surface area contributed by atoms with Gasteiger partial charge in [-0.3, -0.25) is 9.99 Å². The Labute approximate surface area is 212 Å². The molecule has 184 valence electrons. The standard InChI is InChI=1S/C27H31BFN7/c1-26(2,3)16-32-25-17(13-30)14-31-23-11-8-20(12-22(23)25)33-27(28,18-4-6-19(29)7-5-18)24-15-36(35-34-24)21-9-10-21/h4-8,11-12,14-15,21,33-35H,9-10,16,28H2,1-3H3,(H,31,32). The molecule has 7 nitrogen and oxygen atoms in total. The second-order valence-electron chi connectivity index (χ2n) is 11.0. The summed E-state index contributed by atoms with van der Waals surface area (Å²) >= 11 is 0. The van der Waals surface area contributed by atoms with Crippen molar-refractivity contribution < 1.29 is 4.39 Å². The van der Waals surface area contributed by atoms with Crippen LogP contribution in [0.1, 0.15) is 44.7 Å². The zero-order valence-electron chi connectivity index (χ0n) is 21.1. The van der Waals surface area contributed by atoms with Gasteiger partial charge in [0.1, 0.15) is 19.7 Å². The Hall–Kier alpha value is -3.77. The van der Waals surface area contributed by atoms with Gasteiger partial charge in [-0.15, -0.1) is 5.53 Å². The van der Waals surface area contributed by atoms with Crippen molar-refractivity contribution in [2.45, 2.75) is 45.1 Å². The highest BCUT2D eigenvalue weighted by Crippen LogP contribution is 2.36. The summed E-state index contributed by atoms with van der Waals surface area (Å²) < 4.78 is 13.8. The minimum absolute atomic E-state index is 0.0420. The van der Waals surface area contributed by atoms with E-state index in [1.165, 1.54) is 12.1 Å². The van der Waals surface area contributed by atoms with Crippen LogP contribution in [0.3, 0.4) is 0 Å². The van der Waals surface area contributed by atoms with Crippen molar-refractivity contribution in [3.63, 3.8) is 0 Å². The van der Waals surface area contributed by atoms with Gasteiger partial charge in [-0.25, -0.2) is 4.39 Å². The van der Waals surface area contributed by atoms with E-state index in [1.807, 2.05) is 18.2 Å². The number of fused-ring (bicyclic) bond motifs is 1. The van der Waals surface area contributed by atoms with Gasteiger partial charge in [0, 0.05) is 36.1 Å². The Morgan fingerprint density at radius 2 is 1.94 bits per heavy atom. The monoisotopic (exact) mass is 483 g/mol. The van der Waals surface area contributed by atoms with Gasteiger partial charge in [0.15, 0.2) is 0 Å². The summed E-state index contributed by atoms with van der Waals surface area (Å²) in [6.07, 6.45) is 6.01. The number of benzene rings is 2. The molecule has 1 aliphatic heterocycles. The maximum atomic E-state index is 13.8. The molecular formula is C27H31BFN7. The van der Waals surface area contributed by atoms with E-state index in [0.29, 0.717) is 18.2 Å². The highest BCUT2D eigenvalue weighted by molar-refractivity contribution is 6.19. The van der Waals surface area contributed by atoms with Crippen LogP contribution in [-0.4, -0.2) is 30.4 Å². The highest BCUT2D eigenvalue weighted by Gasteiger charge is 2.38. The second-order valence-corrected chi connectivity index (χ2v) is 11.0. The number of nitrogens with zero attached hydrogens (tertiary/aromatic N) is 3. The molecular weight excluding hydrogens is 452 g/mol. The molecule has 1 unspecified atom stereocenters. The molecule has 1 fully saturated rings. The maximum Gasteiger partial charge on any atom is 0.148 e. The average Bonchev–Trinajstić information content (AvgIpc) is 3.57. The van der Waals surface area contributed by atoms with Crippen molar-refractivity contribution in [3.05, 3.63) is 77.5 Å². The molecule has 0 spiro atoms. The van der Waals surface area contributed by atoms with E-state index in [9.17, 15) is 9.65 Å². The van der Waals surface area contributed by atoms with Crippen LogP contribution in [0, 0.1) is 22.6 Å². The molecule has 2 aromatic carbocycles. The molecule has 1 saturated carbocycles. The molecule has 2 heterocycles. The minimum atomic E-state index is -0.683. The van der Waals surface area contributed by atoms with Crippen molar-refractivity contribution >= 4 is 30.1 Å². The smallest absolute Gasteiger partial charge is 0.148 e. The van der Waals surface area contributed by atoms with Crippen molar-refractivity contribution in [2.24, 2.45) is 5.41 Å². The number of pyridine rings is 1. The lowest BCUT2D eigenvalue weighted by Gasteiger charge is -2.34. The lowest BCUT2D eigenvalue weighted by Crippen LogP contribution is -2.45. The van der Waals surface area contributed by atoms with Gasteiger partial charge in [-0.1, -0.05) is 32.9 Å². The second kappa shape index (κ2) is 9.03. The van der Waals surface area contributed by atoms with Gasteiger partial charge in [-0.2, -0.15) is 5.26 Å². The highest BCUT2D eigenvalue weighted by atomic mass is 19.1. The molecule has 5 rings (SSSR count). The van der Waals surface area contributed by atoms with Crippen molar-refractivity contribution in [2.75, 3.05) is 17.2 Å². The van der Waals surface area contributed by atoms with Crippen LogP contribution in [0.4, 0.5) is 15.8 Å². The predicted molar refractivity (Wildman–Crippen MR) is 144 cm³/mol. The first-order valence-electron chi connectivity index (χ1n) is 12.3. The van der Waals surface area contributed by atoms with Gasteiger partial charge >= 0.3 is 0 Å². The molecule has 0 radical (unpaired) electrons. The summed E-state index contributed by atoms with van der Waals surface area (Å²) in [6.45, 7) is 7.17. The van der Waals surface area contributed by atoms with E-state index in [0.717, 1.165) is 46.4 Å². The Kier molecular flexibility index (Phi) is 6.01. The average molecular weight is 483 g/mol. The molecule has 36 heavy (non-hydrogen) atoms. The van der Waals surface area contributed by atoms with Crippen molar-refractivity contribution in [1.82, 2.24) is 21.0 Å². The number of hydrazine groups is 2. The van der Waals surface area contributed by atoms with E-state index in [4.69, 9.17) is 0 Å². The van der Waals surface area contributed by atoms with E-state index in [1.54, 1.807) is 18.3 Å². The Morgan fingerprint density at radius 1 is 1.19 bits per heavy atom. The lowest BCUT2D eigenvalue weighted by atomic mass is 9.69. The molecule has 0 bridgehead atoms. The molecule has 9 heteroatoms. The molecule has 1 aromatic heterocycles. The number of nitrogens with one attached hydrogen (secondary N) is 4. The molecule has 4 N–H and O–H groups in total. The molecule has 1 atom stereocenters. The fraction of sp³-hybridized carbons (Fsp3) is 0.333. The van der Waals surface area contributed by atoms with Crippen LogP contribution in [0.2, 0.25) is 0 Å². The van der Waals surface area contributed by atoms with Gasteiger partial charge in [0.25, 0.3) is 0 Å². The number of rotatable bonds is 7. The summed E-state index contributed by atoms with van der Waals surface area (Å²) in [5.74, 6) is -0.275. The van der Waals surface area contributed by atoms with E-state index >= 15 is 0 Å².